The summed E-state index contributed by atoms with van der Waals surface area (Å²) in [6, 6.07) is 4.09. The van der Waals surface area contributed by atoms with E-state index in [1.807, 2.05) is 23.9 Å². The fourth-order valence-electron chi connectivity index (χ4n) is 3.23. The predicted octanol–water partition coefficient (Wildman–Crippen LogP) is 2.02. The zero-order valence-electron chi connectivity index (χ0n) is 13.7. The number of rotatable bonds is 6. The summed E-state index contributed by atoms with van der Waals surface area (Å²) in [5.74, 6) is 2.28. The van der Waals surface area contributed by atoms with Crippen molar-refractivity contribution in [2.24, 2.45) is 13.0 Å². The molecule has 2 fully saturated rings. The Hall–Kier alpha value is -2.17. The number of aryl methyl sites for hydroxylation is 1. The van der Waals surface area contributed by atoms with E-state index >= 15 is 0 Å². The highest BCUT2D eigenvalue weighted by Gasteiger charge is 2.36. The Morgan fingerprint density at radius 3 is 3.04 bits per heavy atom. The van der Waals surface area contributed by atoms with Gasteiger partial charge in [0, 0.05) is 44.8 Å². The Balaban J connectivity index is 1.33. The van der Waals surface area contributed by atoms with Crippen molar-refractivity contribution >= 4 is 0 Å². The lowest BCUT2D eigenvalue weighted by Gasteiger charge is -2.15. The second-order valence-corrected chi connectivity index (χ2v) is 6.69. The van der Waals surface area contributed by atoms with E-state index in [2.05, 4.69) is 21.5 Å². The van der Waals surface area contributed by atoms with E-state index < -0.39 is 0 Å². The molecule has 2 atom stereocenters. The van der Waals surface area contributed by atoms with E-state index in [-0.39, 0.29) is 6.10 Å². The summed E-state index contributed by atoms with van der Waals surface area (Å²) in [4.78, 5) is 4.53. The molecule has 7 nitrogen and oxygen atoms in total. The van der Waals surface area contributed by atoms with E-state index in [0.717, 1.165) is 50.3 Å². The maximum atomic E-state index is 9.00. The third-order valence-electron chi connectivity index (χ3n) is 4.77. The Morgan fingerprint density at radius 2 is 2.29 bits per heavy atom. The highest BCUT2D eigenvalue weighted by atomic mass is 16.5. The molecular weight excluding hydrogens is 306 g/mol. The lowest BCUT2D eigenvalue weighted by Crippen LogP contribution is -2.24. The molecule has 0 bridgehead atoms. The number of hydrogen-bond acceptors (Lipinski definition) is 6. The van der Waals surface area contributed by atoms with Crippen LogP contribution in [0.5, 0.6) is 0 Å². The number of aromatic nitrogens is 3. The molecule has 0 aromatic carbocycles. The van der Waals surface area contributed by atoms with Gasteiger partial charge in [-0.05, 0) is 30.9 Å². The molecule has 2 aromatic heterocycles. The van der Waals surface area contributed by atoms with E-state index in [0.29, 0.717) is 23.4 Å². The number of nitrogens with zero attached hydrogens (tertiary/aromatic N) is 4. The van der Waals surface area contributed by atoms with Gasteiger partial charge in [-0.25, -0.2) is 0 Å². The number of ether oxygens (including phenoxy) is 1. The van der Waals surface area contributed by atoms with Gasteiger partial charge < -0.3 is 19.1 Å². The van der Waals surface area contributed by atoms with Crippen molar-refractivity contribution in [3.8, 4) is 6.07 Å². The average molecular weight is 327 g/mol. The van der Waals surface area contributed by atoms with Crippen LogP contribution in [0.4, 0.5) is 0 Å². The van der Waals surface area contributed by atoms with E-state index in [1.54, 1.807) is 0 Å². The van der Waals surface area contributed by atoms with Crippen LogP contribution in [0, 0.1) is 17.2 Å². The van der Waals surface area contributed by atoms with Crippen molar-refractivity contribution in [3.05, 3.63) is 35.2 Å². The van der Waals surface area contributed by atoms with Crippen molar-refractivity contribution < 1.29 is 9.26 Å². The molecule has 1 saturated heterocycles. The Bertz CT molecular complexity index is 755. The molecule has 3 heterocycles. The van der Waals surface area contributed by atoms with Gasteiger partial charge in [0.25, 0.3) is 5.89 Å². The quantitative estimate of drug-likeness (QED) is 0.873. The summed E-state index contributed by atoms with van der Waals surface area (Å²) in [6.45, 7) is 2.28. The minimum atomic E-state index is -0.108. The molecule has 2 aliphatic rings. The fraction of sp³-hybridized carbons (Fsp3) is 0.588. The van der Waals surface area contributed by atoms with Crippen molar-refractivity contribution in [2.45, 2.75) is 37.8 Å². The summed E-state index contributed by atoms with van der Waals surface area (Å²) in [5.41, 5.74) is 1.78. The Labute approximate surface area is 140 Å². The van der Waals surface area contributed by atoms with Gasteiger partial charge in [0.2, 0.25) is 0 Å². The summed E-state index contributed by atoms with van der Waals surface area (Å²) >= 11 is 0. The largest absolute Gasteiger partial charge is 0.368 e. The van der Waals surface area contributed by atoms with Crippen LogP contribution in [0.25, 0.3) is 0 Å². The van der Waals surface area contributed by atoms with Crippen LogP contribution < -0.4 is 5.32 Å². The third kappa shape index (κ3) is 3.07. The van der Waals surface area contributed by atoms with E-state index in [1.165, 1.54) is 0 Å². The zero-order chi connectivity index (χ0) is 16.5. The summed E-state index contributed by atoms with van der Waals surface area (Å²) < 4.78 is 13.1. The summed E-state index contributed by atoms with van der Waals surface area (Å²) in [5, 5.41) is 16.5. The Morgan fingerprint density at radius 1 is 1.42 bits per heavy atom. The van der Waals surface area contributed by atoms with Gasteiger partial charge in [-0.15, -0.1) is 0 Å². The molecule has 1 N–H and O–H groups in total. The van der Waals surface area contributed by atoms with Crippen LogP contribution in [-0.2, 0) is 18.3 Å². The van der Waals surface area contributed by atoms with Crippen LogP contribution >= 0.6 is 0 Å². The molecule has 0 amide bonds. The minimum Gasteiger partial charge on any atom is -0.368 e. The van der Waals surface area contributed by atoms with E-state index in [9.17, 15) is 0 Å². The van der Waals surface area contributed by atoms with Crippen molar-refractivity contribution in [2.75, 3.05) is 13.2 Å². The molecule has 2 aromatic rings. The topological polar surface area (TPSA) is 88.9 Å². The number of nitrogens with one attached hydrogen (secondary N) is 1. The molecule has 1 aliphatic heterocycles. The van der Waals surface area contributed by atoms with Crippen molar-refractivity contribution in [1.29, 1.82) is 5.26 Å². The van der Waals surface area contributed by atoms with Gasteiger partial charge in [0.15, 0.2) is 5.82 Å². The zero-order valence-corrected chi connectivity index (χ0v) is 13.7. The van der Waals surface area contributed by atoms with Crippen LogP contribution in [0.3, 0.4) is 0 Å². The lowest BCUT2D eigenvalue weighted by atomic mass is 10.0. The molecule has 0 spiro atoms. The highest BCUT2D eigenvalue weighted by Crippen LogP contribution is 2.40. The van der Waals surface area contributed by atoms with Gasteiger partial charge in [-0.1, -0.05) is 5.16 Å². The highest BCUT2D eigenvalue weighted by molar-refractivity contribution is 5.28. The second kappa shape index (κ2) is 6.38. The standard InChI is InChI=1S/C17H21N5O2/c1-22-10-11(6-14(22)7-18)8-19-9-13-4-5-23-15(13)17-20-16(21-24-17)12-2-3-12/h6,10,12-13,15,19H,2-5,8-9H2,1H3/t13-,15-/m0/s1. The molecule has 1 aliphatic carbocycles. The van der Waals surface area contributed by atoms with Gasteiger partial charge in [-0.3, -0.25) is 0 Å². The Kier molecular flexibility index (Phi) is 4.08. The first-order valence-electron chi connectivity index (χ1n) is 8.45. The predicted molar refractivity (Wildman–Crippen MR) is 84.9 cm³/mol. The van der Waals surface area contributed by atoms with Crippen LogP contribution in [0.15, 0.2) is 16.8 Å². The van der Waals surface area contributed by atoms with E-state index in [4.69, 9.17) is 14.5 Å². The normalized spacial score (nSPS) is 23.5. The van der Waals surface area contributed by atoms with Gasteiger partial charge in [-0.2, -0.15) is 10.2 Å². The maximum absolute atomic E-state index is 9.00. The van der Waals surface area contributed by atoms with Crippen molar-refractivity contribution in [1.82, 2.24) is 20.0 Å². The molecule has 0 radical (unpaired) electrons. The molecule has 24 heavy (non-hydrogen) atoms. The fourth-order valence-corrected chi connectivity index (χ4v) is 3.23. The summed E-state index contributed by atoms with van der Waals surface area (Å²) in [7, 11) is 1.88. The summed E-state index contributed by atoms with van der Waals surface area (Å²) in [6.07, 6.45) is 5.18. The molecule has 7 heteroatoms. The monoisotopic (exact) mass is 327 g/mol. The van der Waals surface area contributed by atoms with Crippen LogP contribution in [0.2, 0.25) is 0 Å². The van der Waals surface area contributed by atoms with Crippen LogP contribution in [-0.4, -0.2) is 27.9 Å². The van der Waals surface area contributed by atoms with Gasteiger partial charge in [0.05, 0.1) is 0 Å². The first kappa shape index (κ1) is 15.4. The van der Waals surface area contributed by atoms with Gasteiger partial charge in [0.1, 0.15) is 17.9 Å². The molecule has 0 unspecified atom stereocenters. The SMILES string of the molecule is Cn1cc(CNC[C@@H]2CCO[C@@H]2c2nc(C3CC3)no2)cc1C#N. The van der Waals surface area contributed by atoms with Crippen LogP contribution in [0.1, 0.15) is 54.3 Å². The third-order valence-corrected chi connectivity index (χ3v) is 4.77. The smallest absolute Gasteiger partial charge is 0.256 e. The number of hydrogen-bond donors (Lipinski definition) is 1. The lowest BCUT2D eigenvalue weighted by molar-refractivity contribution is 0.0623. The molecule has 126 valence electrons. The molecular formula is C17H21N5O2. The molecule has 1 saturated carbocycles. The first-order valence-corrected chi connectivity index (χ1v) is 8.45. The average Bonchev–Trinajstić information content (AvgIpc) is 2.98. The van der Waals surface area contributed by atoms with Gasteiger partial charge >= 0.3 is 0 Å². The van der Waals surface area contributed by atoms with Crippen molar-refractivity contribution in [3.63, 3.8) is 0 Å². The maximum Gasteiger partial charge on any atom is 0.256 e. The second-order valence-electron chi connectivity index (χ2n) is 6.69. The molecule has 4 rings (SSSR count). The minimum absolute atomic E-state index is 0.108. The first-order chi connectivity index (χ1) is 11.7. The number of nitriles is 1.